The fraction of sp³-hybridized carbons (Fsp3) is 0.725. The summed E-state index contributed by atoms with van der Waals surface area (Å²) in [5, 5.41) is 23.6. The number of esters is 1. The zero-order valence-electron chi connectivity index (χ0n) is 37.2. The number of nitrogens with one attached hydrogen (secondary N) is 1. The van der Waals surface area contributed by atoms with Crippen molar-refractivity contribution in [1.82, 2.24) is 5.32 Å². The molecule has 3 N–H and O–H groups in total. The summed E-state index contributed by atoms with van der Waals surface area (Å²) in [6.45, 7) is 6.28. The van der Waals surface area contributed by atoms with Crippen molar-refractivity contribution in [3.8, 4) is 0 Å². The van der Waals surface area contributed by atoms with Crippen LogP contribution in [0.2, 0.25) is 0 Å². The molecule has 57 heavy (non-hydrogen) atoms. The Balaban J connectivity index is 4.71. The summed E-state index contributed by atoms with van der Waals surface area (Å²) in [5.41, 5.74) is 0. The van der Waals surface area contributed by atoms with Crippen molar-refractivity contribution in [3.63, 3.8) is 0 Å². The van der Waals surface area contributed by atoms with Gasteiger partial charge in [0.1, 0.15) is 6.10 Å². The number of carbonyl (C=O) groups is 2. The molecule has 0 spiro atoms. The van der Waals surface area contributed by atoms with Gasteiger partial charge in [0.15, 0.2) is 0 Å². The smallest absolute Gasteiger partial charge is 0.306 e. The van der Waals surface area contributed by atoms with Crippen LogP contribution in [0.5, 0.6) is 0 Å². The molecule has 0 aliphatic heterocycles. The number of rotatable bonds is 41. The minimum Gasteiger partial charge on any atom is -0.462 e. The van der Waals surface area contributed by atoms with Gasteiger partial charge in [0.2, 0.25) is 5.91 Å². The Kier molecular flexibility index (Phi) is 42.3. The summed E-state index contributed by atoms with van der Waals surface area (Å²) in [5.74, 6) is -0.561. The maximum absolute atomic E-state index is 13.1. The van der Waals surface area contributed by atoms with Crippen LogP contribution in [-0.2, 0) is 14.3 Å². The summed E-state index contributed by atoms with van der Waals surface area (Å²) in [4.78, 5) is 26.0. The first-order chi connectivity index (χ1) is 28.0. The van der Waals surface area contributed by atoms with E-state index >= 15 is 0 Å². The van der Waals surface area contributed by atoms with Crippen LogP contribution in [0.15, 0.2) is 72.9 Å². The van der Waals surface area contributed by atoms with Gasteiger partial charge in [-0.1, -0.05) is 209 Å². The molecule has 0 aromatic carbocycles. The second kappa shape index (κ2) is 44.4. The summed E-state index contributed by atoms with van der Waals surface area (Å²) in [6.07, 6.45) is 55.4. The lowest BCUT2D eigenvalue weighted by molar-refractivity contribution is -0.151. The topological polar surface area (TPSA) is 95.9 Å². The molecule has 0 aliphatic rings. The molecule has 0 aromatic rings. The Morgan fingerprint density at radius 3 is 1.51 bits per heavy atom. The highest BCUT2D eigenvalue weighted by Gasteiger charge is 2.24. The van der Waals surface area contributed by atoms with Crippen LogP contribution in [0, 0.1) is 0 Å². The van der Waals surface area contributed by atoms with E-state index in [0.717, 1.165) is 64.2 Å². The first kappa shape index (κ1) is 54.3. The van der Waals surface area contributed by atoms with Gasteiger partial charge in [0.05, 0.1) is 25.2 Å². The van der Waals surface area contributed by atoms with Crippen molar-refractivity contribution < 1.29 is 24.5 Å². The molecule has 328 valence electrons. The normalized spacial score (nSPS) is 14.0. The molecule has 0 saturated carbocycles. The lowest BCUT2D eigenvalue weighted by Crippen LogP contribution is -2.46. The van der Waals surface area contributed by atoms with Crippen molar-refractivity contribution in [2.45, 2.75) is 232 Å². The second-order valence-corrected chi connectivity index (χ2v) is 15.9. The van der Waals surface area contributed by atoms with E-state index in [4.69, 9.17) is 4.74 Å². The summed E-state index contributed by atoms with van der Waals surface area (Å²) in [7, 11) is 0. The molecule has 0 rings (SSSR count). The molecule has 6 nitrogen and oxygen atoms in total. The van der Waals surface area contributed by atoms with E-state index in [1.165, 1.54) is 103 Å². The molecule has 0 saturated heterocycles. The Hall–Kier alpha value is -2.70. The quantitative estimate of drug-likeness (QED) is 0.0248. The molecule has 0 heterocycles. The SMILES string of the molecule is CC/C=C/C=C/C=C\C=C/C=C/CCCC(CC(=O)NC(CO)C(O)CCCCCCCCCCC)OC(=O)CCCCCCC/C=C/CCCCCCCCC. The zero-order valence-corrected chi connectivity index (χ0v) is 37.2. The molecule has 0 aromatic heterocycles. The highest BCUT2D eigenvalue weighted by molar-refractivity contribution is 5.77. The average molecular weight is 796 g/mol. The first-order valence-electron chi connectivity index (χ1n) is 23.7. The highest BCUT2D eigenvalue weighted by atomic mass is 16.5. The van der Waals surface area contributed by atoms with Crippen molar-refractivity contribution in [1.29, 1.82) is 0 Å². The van der Waals surface area contributed by atoms with Crippen LogP contribution in [0.4, 0.5) is 0 Å². The summed E-state index contributed by atoms with van der Waals surface area (Å²) in [6, 6.07) is -0.726. The summed E-state index contributed by atoms with van der Waals surface area (Å²) >= 11 is 0. The number of allylic oxidation sites excluding steroid dienone is 12. The number of amides is 1. The standard InChI is InChI=1S/C51H89NO5/c1-4-7-10-13-16-19-21-23-24-25-27-29-32-35-38-41-44-51(56)57-47(42-39-36-33-31-28-26-22-20-17-14-11-8-5-2)45-50(55)52-48(46-53)49(54)43-40-37-34-30-18-15-12-9-6-3/h8,11,14,17,20,22,24-26,28,31,33,47-49,53-54H,4-7,9-10,12-13,15-16,18-19,21,23,27,29-30,32,34-46H2,1-3H3,(H,52,55)/b11-8+,17-14+,22-20-,25-24+,28-26-,33-31+. The maximum atomic E-state index is 13.1. The van der Waals surface area contributed by atoms with E-state index in [1.807, 2.05) is 48.6 Å². The number of aliphatic hydroxyl groups is 2. The Morgan fingerprint density at radius 1 is 0.526 bits per heavy atom. The van der Waals surface area contributed by atoms with E-state index in [9.17, 15) is 19.8 Å². The molecule has 0 radical (unpaired) electrons. The van der Waals surface area contributed by atoms with E-state index in [0.29, 0.717) is 19.3 Å². The van der Waals surface area contributed by atoms with Gasteiger partial charge in [-0.2, -0.15) is 0 Å². The van der Waals surface area contributed by atoms with Gasteiger partial charge in [-0.25, -0.2) is 0 Å². The Bertz CT molecular complexity index is 1070. The van der Waals surface area contributed by atoms with Crippen molar-refractivity contribution >= 4 is 11.9 Å². The van der Waals surface area contributed by atoms with Crippen molar-refractivity contribution in [2.75, 3.05) is 6.61 Å². The number of hydrogen-bond acceptors (Lipinski definition) is 5. The molecule has 3 atom stereocenters. The highest BCUT2D eigenvalue weighted by Crippen LogP contribution is 2.16. The predicted molar refractivity (Wildman–Crippen MR) is 245 cm³/mol. The summed E-state index contributed by atoms with van der Waals surface area (Å²) < 4.78 is 5.87. The minimum absolute atomic E-state index is 0.0227. The molecular weight excluding hydrogens is 707 g/mol. The second-order valence-electron chi connectivity index (χ2n) is 15.9. The zero-order chi connectivity index (χ0) is 41.7. The van der Waals surface area contributed by atoms with Crippen LogP contribution >= 0.6 is 0 Å². The Morgan fingerprint density at radius 2 is 0.982 bits per heavy atom. The number of aliphatic hydroxyl groups excluding tert-OH is 2. The largest absolute Gasteiger partial charge is 0.462 e. The van der Waals surface area contributed by atoms with Gasteiger partial charge >= 0.3 is 5.97 Å². The third-order valence-electron chi connectivity index (χ3n) is 10.4. The predicted octanol–water partition coefficient (Wildman–Crippen LogP) is 13.8. The molecule has 3 unspecified atom stereocenters. The van der Waals surface area contributed by atoms with E-state index in [-0.39, 0.29) is 24.9 Å². The number of ether oxygens (including phenoxy) is 1. The van der Waals surface area contributed by atoms with Crippen LogP contribution in [0.1, 0.15) is 213 Å². The minimum atomic E-state index is -0.808. The van der Waals surface area contributed by atoms with Gasteiger partial charge < -0.3 is 20.3 Å². The van der Waals surface area contributed by atoms with Crippen LogP contribution in [0.3, 0.4) is 0 Å². The Labute approximate surface area is 351 Å². The fourth-order valence-electron chi connectivity index (χ4n) is 6.80. The lowest BCUT2D eigenvalue weighted by Gasteiger charge is -2.24. The first-order valence-corrected chi connectivity index (χ1v) is 23.7. The number of unbranched alkanes of at least 4 members (excludes halogenated alkanes) is 21. The molecule has 0 aliphatic carbocycles. The van der Waals surface area contributed by atoms with Gasteiger partial charge in [-0.3, -0.25) is 9.59 Å². The number of carbonyl (C=O) groups excluding carboxylic acids is 2. The van der Waals surface area contributed by atoms with E-state index in [1.54, 1.807) is 0 Å². The number of hydrogen-bond donors (Lipinski definition) is 3. The van der Waals surface area contributed by atoms with Gasteiger partial charge in [-0.15, -0.1) is 0 Å². The molecule has 0 fully saturated rings. The molecule has 6 heteroatoms. The molecule has 1 amide bonds. The third kappa shape index (κ3) is 39.9. The molecule has 0 bridgehead atoms. The van der Waals surface area contributed by atoms with Gasteiger partial charge in [-0.05, 0) is 64.2 Å². The van der Waals surface area contributed by atoms with Gasteiger partial charge in [0, 0.05) is 6.42 Å². The van der Waals surface area contributed by atoms with Gasteiger partial charge in [0.25, 0.3) is 0 Å². The molecular formula is C51H89NO5. The van der Waals surface area contributed by atoms with Crippen molar-refractivity contribution in [3.05, 3.63) is 72.9 Å². The van der Waals surface area contributed by atoms with Crippen LogP contribution < -0.4 is 5.32 Å². The van der Waals surface area contributed by atoms with Crippen molar-refractivity contribution in [2.24, 2.45) is 0 Å². The lowest BCUT2D eigenvalue weighted by atomic mass is 10.0. The van der Waals surface area contributed by atoms with E-state index < -0.39 is 18.2 Å². The third-order valence-corrected chi connectivity index (χ3v) is 10.4. The van der Waals surface area contributed by atoms with Crippen LogP contribution in [-0.4, -0.2) is 46.9 Å². The maximum Gasteiger partial charge on any atom is 0.306 e. The average Bonchev–Trinajstić information content (AvgIpc) is 3.20. The fourth-order valence-corrected chi connectivity index (χ4v) is 6.80. The van der Waals surface area contributed by atoms with Crippen LogP contribution in [0.25, 0.3) is 0 Å². The van der Waals surface area contributed by atoms with E-state index in [2.05, 4.69) is 50.4 Å². The monoisotopic (exact) mass is 796 g/mol.